The van der Waals surface area contributed by atoms with Crippen LogP contribution in [-0.2, 0) is 0 Å². The number of carboxylic acid groups (broad SMARTS) is 1. The SMILES string of the molecule is CC(C)CNc1ccncc1C(=O)O. The van der Waals surface area contributed by atoms with Crippen molar-refractivity contribution in [3.63, 3.8) is 0 Å². The molecule has 0 aliphatic heterocycles. The Hall–Kier alpha value is -1.58. The Morgan fingerprint density at radius 1 is 1.64 bits per heavy atom. The highest BCUT2D eigenvalue weighted by molar-refractivity contribution is 5.93. The van der Waals surface area contributed by atoms with Gasteiger partial charge in [-0.1, -0.05) is 13.8 Å². The van der Waals surface area contributed by atoms with Crippen LogP contribution in [-0.4, -0.2) is 22.6 Å². The van der Waals surface area contributed by atoms with Crippen molar-refractivity contribution in [3.8, 4) is 0 Å². The minimum absolute atomic E-state index is 0.216. The van der Waals surface area contributed by atoms with Crippen LogP contribution in [0.25, 0.3) is 0 Å². The number of anilines is 1. The van der Waals surface area contributed by atoms with Crippen molar-refractivity contribution >= 4 is 11.7 Å². The number of hydrogen-bond acceptors (Lipinski definition) is 3. The summed E-state index contributed by atoms with van der Waals surface area (Å²) in [6.07, 6.45) is 2.93. The van der Waals surface area contributed by atoms with Gasteiger partial charge < -0.3 is 10.4 Å². The van der Waals surface area contributed by atoms with E-state index in [1.54, 1.807) is 12.3 Å². The van der Waals surface area contributed by atoms with Gasteiger partial charge >= 0.3 is 5.97 Å². The molecule has 4 nitrogen and oxygen atoms in total. The Balaban J connectivity index is 2.79. The minimum Gasteiger partial charge on any atom is -0.478 e. The molecule has 4 heteroatoms. The van der Waals surface area contributed by atoms with E-state index in [-0.39, 0.29) is 5.56 Å². The lowest BCUT2D eigenvalue weighted by Crippen LogP contribution is -2.11. The highest BCUT2D eigenvalue weighted by Crippen LogP contribution is 2.13. The van der Waals surface area contributed by atoms with Gasteiger partial charge in [0.2, 0.25) is 0 Å². The first-order chi connectivity index (χ1) is 6.61. The first-order valence-corrected chi connectivity index (χ1v) is 4.52. The van der Waals surface area contributed by atoms with Gasteiger partial charge in [-0.2, -0.15) is 0 Å². The molecule has 2 N–H and O–H groups in total. The van der Waals surface area contributed by atoms with Crippen molar-refractivity contribution in [1.82, 2.24) is 4.98 Å². The van der Waals surface area contributed by atoms with Crippen LogP contribution in [0, 0.1) is 5.92 Å². The normalized spacial score (nSPS) is 10.2. The predicted molar refractivity (Wildman–Crippen MR) is 54.5 cm³/mol. The highest BCUT2D eigenvalue weighted by atomic mass is 16.4. The maximum atomic E-state index is 10.8. The summed E-state index contributed by atoms with van der Waals surface area (Å²) in [5.74, 6) is -0.478. The molecule has 0 fully saturated rings. The molecule has 0 amide bonds. The number of nitrogens with zero attached hydrogens (tertiary/aromatic N) is 1. The lowest BCUT2D eigenvalue weighted by atomic mass is 10.2. The van der Waals surface area contributed by atoms with Crippen LogP contribution in [0.1, 0.15) is 24.2 Å². The fourth-order valence-electron chi connectivity index (χ4n) is 1.03. The smallest absolute Gasteiger partial charge is 0.339 e. The van der Waals surface area contributed by atoms with E-state index < -0.39 is 5.97 Å². The summed E-state index contributed by atoms with van der Waals surface area (Å²) in [5, 5.41) is 11.9. The summed E-state index contributed by atoms with van der Waals surface area (Å²) in [5.41, 5.74) is 0.842. The van der Waals surface area contributed by atoms with E-state index in [9.17, 15) is 4.79 Å². The zero-order valence-electron chi connectivity index (χ0n) is 8.32. The summed E-state index contributed by atoms with van der Waals surface area (Å²) in [6.45, 7) is 4.88. The Kier molecular flexibility index (Phi) is 3.45. The maximum absolute atomic E-state index is 10.8. The average molecular weight is 194 g/mol. The standard InChI is InChI=1S/C10H14N2O2/c1-7(2)5-12-9-3-4-11-6-8(9)10(13)14/h3-4,6-7H,5H2,1-2H3,(H,11,12)(H,13,14). The Bertz CT molecular complexity index is 324. The zero-order valence-corrected chi connectivity index (χ0v) is 8.32. The summed E-state index contributed by atoms with van der Waals surface area (Å²) in [4.78, 5) is 14.6. The first kappa shape index (κ1) is 10.5. The summed E-state index contributed by atoms with van der Waals surface area (Å²) in [6, 6.07) is 1.67. The van der Waals surface area contributed by atoms with Crippen molar-refractivity contribution in [2.24, 2.45) is 5.92 Å². The first-order valence-electron chi connectivity index (χ1n) is 4.52. The largest absolute Gasteiger partial charge is 0.478 e. The molecule has 1 aromatic rings. The molecule has 0 bridgehead atoms. The fraction of sp³-hybridized carbons (Fsp3) is 0.400. The Morgan fingerprint density at radius 3 is 2.93 bits per heavy atom. The van der Waals surface area contributed by atoms with E-state index >= 15 is 0 Å². The van der Waals surface area contributed by atoms with E-state index in [0.29, 0.717) is 11.6 Å². The molecule has 0 spiro atoms. The second-order valence-corrected chi connectivity index (χ2v) is 3.50. The minimum atomic E-state index is -0.954. The molecule has 1 heterocycles. The maximum Gasteiger partial charge on any atom is 0.339 e. The van der Waals surface area contributed by atoms with Crippen LogP contribution in [0.15, 0.2) is 18.5 Å². The zero-order chi connectivity index (χ0) is 10.6. The van der Waals surface area contributed by atoms with Crippen molar-refractivity contribution in [2.45, 2.75) is 13.8 Å². The number of hydrogen-bond donors (Lipinski definition) is 2. The second-order valence-electron chi connectivity index (χ2n) is 3.50. The van der Waals surface area contributed by atoms with Gasteiger partial charge in [-0.3, -0.25) is 4.98 Å². The molecule has 14 heavy (non-hydrogen) atoms. The summed E-state index contributed by atoms with van der Waals surface area (Å²) >= 11 is 0. The Morgan fingerprint density at radius 2 is 2.36 bits per heavy atom. The summed E-state index contributed by atoms with van der Waals surface area (Å²) in [7, 11) is 0. The lowest BCUT2D eigenvalue weighted by Gasteiger charge is -2.10. The lowest BCUT2D eigenvalue weighted by molar-refractivity contribution is 0.0697. The van der Waals surface area contributed by atoms with Crippen LogP contribution in [0.5, 0.6) is 0 Å². The van der Waals surface area contributed by atoms with Crippen molar-refractivity contribution in [1.29, 1.82) is 0 Å². The van der Waals surface area contributed by atoms with Crippen LogP contribution in [0.4, 0.5) is 5.69 Å². The molecule has 0 saturated heterocycles. The van der Waals surface area contributed by atoms with Crippen LogP contribution in [0.2, 0.25) is 0 Å². The van der Waals surface area contributed by atoms with Gasteiger partial charge in [0.05, 0.1) is 5.69 Å². The van der Waals surface area contributed by atoms with Gasteiger partial charge in [-0.05, 0) is 12.0 Å². The van der Waals surface area contributed by atoms with E-state index in [0.717, 1.165) is 6.54 Å². The van der Waals surface area contributed by atoms with E-state index in [1.165, 1.54) is 6.20 Å². The molecule has 76 valence electrons. The van der Waals surface area contributed by atoms with Gasteiger partial charge in [-0.15, -0.1) is 0 Å². The van der Waals surface area contributed by atoms with E-state index in [2.05, 4.69) is 24.1 Å². The van der Waals surface area contributed by atoms with Gasteiger partial charge in [0.25, 0.3) is 0 Å². The quantitative estimate of drug-likeness (QED) is 0.767. The number of aromatic nitrogens is 1. The highest BCUT2D eigenvalue weighted by Gasteiger charge is 2.09. The number of aromatic carboxylic acids is 1. The summed E-state index contributed by atoms with van der Waals surface area (Å²) < 4.78 is 0. The van der Waals surface area contributed by atoms with Gasteiger partial charge in [0.1, 0.15) is 5.56 Å². The second kappa shape index (κ2) is 4.60. The van der Waals surface area contributed by atoms with Crippen molar-refractivity contribution in [2.75, 3.05) is 11.9 Å². The Labute approximate surface area is 83.0 Å². The monoisotopic (exact) mass is 194 g/mol. The van der Waals surface area contributed by atoms with Crippen molar-refractivity contribution < 1.29 is 9.90 Å². The average Bonchev–Trinajstić information content (AvgIpc) is 2.15. The number of pyridine rings is 1. The topological polar surface area (TPSA) is 62.2 Å². The third-order valence-electron chi connectivity index (χ3n) is 1.75. The molecular formula is C10H14N2O2. The predicted octanol–water partition coefficient (Wildman–Crippen LogP) is 1.85. The number of rotatable bonds is 4. The van der Waals surface area contributed by atoms with E-state index in [1.807, 2.05) is 0 Å². The number of carbonyl (C=O) groups is 1. The molecule has 0 radical (unpaired) electrons. The molecule has 0 aliphatic carbocycles. The molecule has 0 aromatic carbocycles. The molecule has 1 rings (SSSR count). The van der Waals surface area contributed by atoms with Gasteiger partial charge in [-0.25, -0.2) is 4.79 Å². The van der Waals surface area contributed by atoms with Crippen molar-refractivity contribution in [3.05, 3.63) is 24.0 Å². The fourth-order valence-corrected chi connectivity index (χ4v) is 1.03. The third-order valence-corrected chi connectivity index (χ3v) is 1.75. The van der Waals surface area contributed by atoms with E-state index in [4.69, 9.17) is 5.11 Å². The molecule has 0 atom stereocenters. The third kappa shape index (κ3) is 2.73. The molecule has 0 saturated carbocycles. The molecular weight excluding hydrogens is 180 g/mol. The van der Waals surface area contributed by atoms with Crippen LogP contribution < -0.4 is 5.32 Å². The molecule has 1 aromatic heterocycles. The van der Waals surface area contributed by atoms with Gasteiger partial charge in [0.15, 0.2) is 0 Å². The molecule has 0 aliphatic rings. The van der Waals surface area contributed by atoms with Crippen LogP contribution >= 0.6 is 0 Å². The van der Waals surface area contributed by atoms with Gasteiger partial charge in [0, 0.05) is 18.9 Å². The number of nitrogens with one attached hydrogen (secondary N) is 1. The molecule has 0 unspecified atom stereocenters. The number of carboxylic acids is 1. The van der Waals surface area contributed by atoms with Crippen LogP contribution in [0.3, 0.4) is 0 Å².